The Bertz CT molecular complexity index is 165. The fourth-order valence-corrected chi connectivity index (χ4v) is 1.22. The van der Waals surface area contributed by atoms with Crippen LogP contribution in [-0.2, 0) is 4.79 Å². The maximum absolute atomic E-state index is 10.8. The molecule has 1 rings (SSSR count). The molecule has 3 nitrogen and oxygen atoms in total. The summed E-state index contributed by atoms with van der Waals surface area (Å²) in [6, 6.07) is 0. The van der Waals surface area contributed by atoms with Gasteiger partial charge in [-0.3, -0.25) is 4.79 Å². The van der Waals surface area contributed by atoms with Crippen molar-refractivity contribution in [1.82, 2.24) is 0 Å². The summed E-state index contributed by atoms with van der Waals surface area (Å²) in [5.74, 6) is -0.0423. The molecule has 1 saturated carbocycles. The fourth-order valence-electron chi connectivity index (χ4n) is 1.22. The van der Waals surface area contributed by atoms with Gasteiger partial charge in [0.1, 0.15) is 5.60 Å². The largest absolute Gasteiger partial charge is 0.380 e. The summed E-state index contributed by atoms with van der Waals surface area (Å²) in [5.41, 5.74) is 3.83. The molecule has 1 atom stereocenters. The Hall–Kier alpha value is -0.570. The molecule has 0 radical (unpaired) electrons. The molecule has 64 valence electrons. The SMILES string of the molecule is CC[C@](O)(CC1CC1)C(N)=O. The highest BCUT2D eigenvalue weighted by Crippen LogP contribution is 2.37. The molecular weight excluding hydrogens is 142 g/mol. The molecule has 0 aliphatic heterocycles. The van der Waals surface area contributed by atoms with E-state index < -0.39 is 11.5 Å². The monoisotopic (exact) mass is 157 g/mol. The molecule has 3 heteroatoms. The van der Waals surface area contributed by atoms with Crippen LogP contribution in [0.5, 0.6) is 0 Å². The van der Waals surface area contributed by atoms with E-state index in [2.05, 4.69) is 0 Å². The van der Waals surface area contributed by atoms with Crippen molar-refractivity contribution in [1.29, 1.82) is 0 Å². The quantitative estimate of drug-likeness (QED) is 0.621. The molecule has 11 heavy (non-hydrogen) atoms. The minimum atomic E-state index is -1.23. The number of hydrogen-bond donors (Lipinski definition) is 2. The zero-order chi connectivity index (χ0) is 8.48. The van der Waals surface area contributed by atoms with Crippen LogP contribution in [0.15, 0.2) is 0 Å². The van der Waals surface area contributed by atoms with Gasteiger partial charge in [-0.15, -0.1) is 0 Å². The number of amides is 1. The molecule has 1 fully saturated rings. The van der Waals surface area contributed by atoms with Crippen LogP contribution in [0, 0.1) is 5.92 Å². The number of aliphatic hydroxyl groups is 1. The van der Waals surface area contributed by atoms with Gasteiger partial charge in [0.2, 0.25) is 5.91 Å². The highest BCUT2D eigenvalue weighted by molar-refractivity contribution is 5.83. The molecule has 0 unspecified atom stereocenters. The molecule has 3 N–H and O–H groups in total. The first-order valence-corrected chi connectivity index (χ1v) is 4.11. The highest BCUT2D eigenvalue weighted by atomic mass is 16.3. The highest BCUT2D eigenvalue weighted by Gasteiger charge is 2.38. The lowest BCUT2D eigenvalue weighted by Gasteiger charge is -2.22. The van der Waals surface area contributed by atoms with Gasteiger partial charge in [-0.2, -0.15) is 0 Å². The van der Waals surface area contributed by atoms with E-state index >= 15 is 0 Å². The van der Waals surface area contributed by atoms with E-state index in [0.717, 1.165) is 12.8 Å². The third-order valence-corrected chi connectivity index (χ3v) is 2.37. The van der Waals surface area contributed by atoms with Crippen LogP contribution in [0.2, 0.25) is 0 Å². The van der Waals surface area contributed by atoms with Crippen LogP contribution in [0.1, 0.15) is 32.6 Å². The maximum atomic E-state index is 10.8. The molecular formula is C8H15NO2. The standard InChI is InChI=1S/C8H15NO2/c1-2-8(11,7(9)10)5-6-3-4-6/h6,11H,2-5H2,1H3,(H2,9,10)/t8-/m0/s1. The number of carbonyl (C=O) groups excluding carboxylic acids is 1. The molecule has 0 saturated heterocycles. The van der Waals surface area contributed by atoms with Crippen molar-refractivity contribution in [3.8, 4) is 0 Å². The first-order chi connectivity index (χ1) is 5.08. The van der Waals surface area contributed by atoms with Crippen LogP contribution in [0.3, 0.4) is 0 Å². The summed E-state index contributed by atoms with van der Waals surface area (Å²) < 4.78 is 0. The van der Waals surface area contributed by atoms with Gasteiger partial charge in [-0.25, -0.2) is 0 Å². The minimum Gasteiger partial charge on any atom is -0.380 e. The van der Waals surface area contributed by atoms with Crippen LogP contribution in [-0.4, -0.2) is 16.6 Å². The Labute approximate surface area is 66.6 Å². The molecule has 0 aromatic rings. The van der Waals surface area contributed by atoms with E-state index in [1.54, 1.807) is 6.92 Å². The Morgan fingerprint density at radius 2 is 2.27 bits per heavy atom. The second-order valence-corrected chi connectivity index (χ2v) is 3.40. The Kier molecular flexibility index (Phi) is 2.18. The Morgan fingerprint density at radius 1 is 1.73 bits per heavy atom. The van der Waals surface area contributed by atoms with Crippen LogP contribution >= 0.6 is 0 Å². The second kappa shape index (κ2) is 2.81. The molecule has 0 aromatic carbocycles. The van der Waals surface area contributed by atoms with Crippen molar-refractivity contribution in [3.05, 3.63) is 0 Å². The lowest BCUT2D eigenvalue weighted by atomic mass is 9.93. The van der Waals surface area contributed by atoms with Crippen molar-refractivity contribution in [2.24, 2.45) is 11.7 Å². The van der Waals surface area contributed by atoms with Gasteiger partial charge in [-0.1, -0.05) is 19.8 Å². The van der Waals surface area contributed by atoms with Gasteiger partial charge >= 0.3 is 0 Å². The van der Waals surface area contributed by atoms with Crippen LogP contribution in [0.4, 0.5) is 0 Å². The predicted octanol–water partition coefficient (Wildman–Crippen LogP) is 0.413. The maximum Gasteiger partial charge on any atom is 0.249 e. The summed E-state index contributed by atoms with van der Waals surface area (Å²) >= 11 is 0. The molecule has 0 aromatic heterocycles. The lowest BCUT2D eigenvalue weighted by molar-refractivity contribution is -0.137. The molecule has 1 aliphatic rings. The zero-order valence-corrected chi connectivity index (χ0v) is 6.84. The van der Waals surface area contributed by atoms with Crippen molar-refractivity contribution in [2.45, 2.75) is 38.2 Å². The van der Waals surface area contributed by atoms with E-state index in [1.807, 2.05) is 0 Å². The Morgan fingerprint density at radius 3 is 2.55 bits per heavy atom. The van der Waals surface area contributed by atoms with Gasteiger partial charge in [0.15, 0.2) is 0 Å². The average molecular weight is 157 g/mol. The number of rotatable bonds is 4. The van der Waals surface area contributed by atoms with Crippen LogP contribution < -0.4 is 5.73 Å². The van der Waals surface area contributed by atoms with Gasteiger partial charge in [-0.05, 0) is 18.8 Å². The number of carbonyl (C=O) groups is 1. The van der Waals surface area contributed by atoms with E-state index in [9.17, 15) is 9.90 Å². The van der Waals surface area contributed by atoms with Crippen molar-refractivity contribution in [3.63, 3.8) is 0 Å². The van der Waals surface area contributed by atoms with E-state index in [0.29, 0.717) is 18.8 Å². The first-order valence-electron chi connectivity index (χ1n) is 4.11. The summed E-state index contributed by atoms with van der Waals surface area (Å²) in [5, 5.41) is 9.63. The van der Waals surface area contributed by atoms with E-state index in [4.69, 9.17) is 5.73 Å². The smallest absolute Gasteiger partial charge is 0.249 e. The number of nitrogens with two attached hydrogens (primary N) is 1. The Balaban J connectivity index is 2.49. The number of hydrogen-bond acceptors (Lipinski definition) is 2. The van der Waals surface area contributed by atoms with Crippen molar-refractivity contribution < 1.29 is 9.90 Å². The van der Waals surface area contributed by atoms with Gasteiger partial charge in [0.25, 0.3) is 0 Å². The van der Waals surface area contributed by atoms with Crippen LogP contribution in [0.25, 0.3) is 0 Å². The van der Waals surface area contributed by atoms with Gasteiger partial charge < -0.3 is 10.8 Å². The molecule has 1 amide bonds. The minimum absolute atomic E-state index is 0.429. The molecule has 0 heterocycles. The molecule has 0 bridgehead atoms. The van der Waals surface area contributed by atoms with Crippen molar-refractivity contribution in [2.75, 3.05) is 0 Å². The molecule has 0 spiro atoms. The third kappa shape index (κ3) is 1.93. The normalized spacial score (nSPS) is 22.7. The summed E-state index contributed by atoms with van der Waals surface area (Å²) in [6.07, 6.45) is 3.25. The van der Waals surface area contributed by atoms with Gasteiger partial charge in [0, 0.05) is 0 Å². The van der Waals surface area contributed by atoms with Gasteiger partial charge in [0.05, 0.1) is 0 Å². The molecule has 1 aliphatic carbocycles. The van der Waals surface area contributed by atoms with E-state index in [1.165, 1.54) is 0 Å². The third-order valence-electron chi connectivity index (χ3n) is 2.37. The second-order valence-electron chi connectivity index (χ2n) is 3.40. The topological polar surface area (TPSA) is 63.3 Å². The predicted molar refractivity (Wildman–Crippen MR) is 41.8 cm³/mol. The fraction of sp³-hybridized carbons (Fsp3) is 0.875. The summed E-state index contributed by atoms with van der Waals surface area (Å²) in [6.45, 7) is 1.78. The van der Waals surface area contributed by atoms with E-state index in [-0.39, 0.29) is 0 Å². The number of primary amides is 1. The van der Waals surface area contributed by atoms with Crippen molar-refractivity contribution >= 4 is 5.91 Å². The zero-order valence-electron chi connectivity index (χ0n) is 6.84. The average Bonchev–Trinajstić information content (AvgIpc) is 2.71. The summed E-state index contributed by atoms with van der Waals surface area (Å²) in [7, 11) is 0. The summed E-state index contributed by atoms with van der Waals surface area (Å²) in [4.78, 5) is 10.8. The first kappa shape index (κ1) is 8.53. The lowest BCUT2D eigenvalue weighted by Crippen LogP contribution is -2.43.